The van der Waals surface area contributed by atoms with Crippen molar-refractivity contribution in [3.05, 3.63) is 46.8 Å². The minimum Gasteiger partial charge on any atom is -0.497 e. The van der Waals surface area contributed by atoms with Gasteiger partial charge in [-0.25, -0.2) is 4.79 Å². The maximum Gasteiger partial charge on any atom is 0.341 e. The SMILES string of the molecule is CCOC(=O)c1ccsc1NC(=O)CN(CC)C(C)c1cccc(OC)c1. The number of carbonyl (C=O) groups is 2. The number of amides is 1. The summed E-state index contributed by atoms with van der Waals surface area (Å²) in [6.45, 7) is 7.04. The Balaban J connectivity index is 2.05. The van der Waals surface area contributed by atoms with Gasteiger partial charge in [0.15, 0.2) is 0 Å². The fraction of sp³-hybridized carbons (Fsp3) is 0.400. The Hall–Kier alpha value is -2.38. The summed E-state index contributed by atoms with van der Waals surface area (Å²) in [5, 5.41) is 5.12. The fourth-order valence-corrected chi connectivity index (χ4v) is 3.55. The highest BCUT2D eigenvalue weighted by atomic mass is 32.1. The number of likely N-dealkylation sites (N-methyl/N-ethyl adjacent to an activating group) is 1. The van der Waals surface area contributed by atoms with Crippen molar-refractivity contribution in [2.45, 2.75) is 26.8 Å². The second kappa shape index (κ2) is 10.1. The average Bonchev–Trinajstić information content (AvgIpc) is 3.13. The molecule has 0 radical (unpaired) electrons. The molecule has 0 spiro atoms. The lowest BCUT2D eigenvalue weighted by Gasteiger charge is -2.27. The zero-order chi connectivity index (χ0) is 19.8. The Kier molecular flexibility index (Phi) is 7.82. The maximum absolute atomic E-state index is 12.5. The molecular formula is C20H26N2O4S. The molecule has 2 aromatic rings. The highest BCUT2D eigenvalue weighted by Gasteiger charge is 2.20. The van der Waals surface area contributed by atoms with Crippen LogP contribution in [0.4, 0.5) is 5.00 Å². The normalized spacial score (nSPS) is 11.9. The molecule has 1 aromatic heterocycles. The molecule has 0 aliphatic rings. The van der Waals surface area contributed by atoms with Crippen molar-refractivity contribution in [2.24, 2.45) is 0 Å². The molecule has 1 unspecified atom stereocenters. The van der Waals surface area contributed by atoms with Crippen molar-refractivity contribution in [1.29, 1.82) is 0 Å². The molecule has 1 aromatic carbocycles. The second-order valence-corrected chi connectivity index (χ2v) is 6.86. The Labute approximate surface area is 164 Å². The van der Waals surface area contributed by atoms with Crippen LogP contribution in [0.25, 0.3) is 0 Å². The van der Waals surface area contributed by atoms with Gasteiger partial charge in [0.1, 0.15) is 10.8 Å². The van der Waals surface area contributed by atoms with Gasteiger partial charge in [0.25, 0.3) is 0 Å². The van der Waals surface area contributed by atoms with E-state index in [1.54, 1.807) is 25.5 Å². The van der Waals surface area contributed by atoms with E-state index in [9.17, 15) is 9.59 Å². The number of rotatable bonds is 9. The molecule has 146 valence electrons. The van der Waals surface area contributed by atoms with Gasteiger partial charge < -0.3 is 14.8 Å². The molecule has 0 saturated carbocycles. The van der Waals surface area contributed by atoms with Gasteiger partial charge in [0.05, 0.1) is 25.8 Å². The number of ether oxygens (including phenoxy) is 2. The van der Waals surface area contributed by atoms with E-state index in [0.717, 1.165) is 11.3 Å². The molecular weight excluding hydrogens is 364 g/mol. The van der Waals surface area contributed by atoms with Crippen molar-refractivity contribution in [1.82, 2.24) is 4.90 Å². The van der Waals surface area contributed by atoms with Crippen molar-refractivity contribution in [3.8, 4) is 5.75 Å². The summed E-state index contributed by atoms with van der Waals surface area (Å²) < 4.78 is 10.3. The summed E-state index contributed by atoms with van der Waals surface area (Å²) in [6.07, 6.45) is 0. The quantitative estimate of drug-likeness (QED) is 0.657. The van der Waals surface area contributed by atoms with Crippen LogP contribution in [0.1, 0.15) is 42.7 Å². The van der Waals surface area contributed by atoms with Crippen LogP contribution in [0.2, 0.25) is 0 Å². The predicted octanol–water partition coefficient (Wildman–Crippen LogP) is 3.96. The van der Waals surface area contributed by atoms with E-state index >= 15 is 0 Å². The molecule has 2 rings (SSSR count). The van der Waals surface area contributed by atoms with Gasteiger partial charge in [-0.1, -0.05) is 19.1 Å². The topological polar surface area (TPSA) is 67.9 Å². The van der Waals surface area contributed by atoms with Crippen molar-refractivity contribution >= 4 is 28.2 Å². The molecule has 0 aliphatic carbocycles. The molecule has 0 aliphatic heterocycles. The fourth-order valence-electron chi connectivity index (χ4n) is 2.76. The molecule has 1 heterocycles. The van der Waals surface area contributed by atoms with Crippen LogP contribution in [-0.2, 0) is 9.53 Å². The largest absolute Gasteiger partial charge is 0.497 e. The first-order valence-electron chi connectivity index (χ1n) is 8.92. The van der Waals surface area contributed by atoms with E-state index in [0.29, 0.717) is 23.7 Å². The molecule has 1 N–H and O–H groups in total. The van der Waals surface area contributed by atoms with Gasteiger partial charge in [-0.15, -0.1) is 11.3 Å². The maximum atomic E-state index is 12.5. The zero-order valence-electron chi connectivity index (χ0n) is 16.2. The molecule has 27 heavy (non-hydrogen) atoms. The number of nitrogens with one attached hydrogen (secondary N) is 1. The van der Waals surface area contributed by atoms with Crippen LogP contribution in [-0.4, -0.2) is 43.6 Å². The van der Waals surface area contributed by atoms with Crippen LogP contribution < -0.4 is 10.1 Å². The Morgan fingerprint density at radius 3 is 2.70 bits per heavy atom. The van der Waals surface area contributed by atoms with Crippen molar-refractivity contribution < 1.29 is 19.1 Å². The van der Waals surface area contributed by atoms with Gasteiger partial charge in [-0.3, -0.25) is 9.69 Å². The highest BCUT2D eigenvalue weighted by Crippen LogP contribution is 2.26. The molecule has 6 nitrogen and oxygen atoms in total. The average molecular weight is 391 g/mol. The first-order valence-corrected chi connectivity index (χ1v) is 9.80. The molecule has 1 amide bonds. The van der Waals surface area contributed by atoms with Gasteiger partial charge in [-0.2, -0.15) is 0 Å². The number of hydrogen-bond donors (Lipinski definition) is 1. The van der Waals surface area contributed by atoms with E-state index in [1.165, 1.54) is 11.3 Å². The van der Waals surface area contributed by atoms with E-state index in [2.05, 4.69) is 17.1 Å². The summed E-state index contributed by atoms with van der Waals surface area (Å²) in [7, 11) is 1.64. The molecule has 0 fully saturated rings. The summed E-state index contributed by atoms with van der Waals surface area (Å²) in [6, 6.07) is 9.54. The molecule has 0 saturated heterocycles. The van der Waals surface area contributed by atoms with Gasteiger partial charge in [0.2, 0.25) is 5.91 Å². The van der Waals surface area contributed by atoms with Gasteiger partial charge >= 0.3 is 5.97 Å². The number of hydrogen-bond acceptors (Lipinski definition) is 6. The number of nitrogens with zero attached hydrogens (tertiary/aromatic N) is 1. The number of anilines is 1. The number of benzene rings is 1. The van der Waals surface area contributed by atoms with Gasteiger partial charge in [0, 0.05) is 6.04 Å². The minimum absolute atomic E-state index is 0.0451. The highest BCUT2D eigenvalue weighted by molar-refractivity contribution is 7.14. The van der Waals surface area contributed by atoms with Crippen molar-refractivity contribution in [3.63, 3.8) is 0 Å². The summed E-state index contributed by atoms with van der Waals surface area (Å²) in [5.74, 6) is 0.197. The number of methoxy groups -OCH3 is 1. The summed E-state index contributed by atoms with van der Waals surface area (Å²) in [4.78, 5) is 26.6. The third-order valence-electron chi connectivity index (χ3n) is 4.29. The van der Waals surface area contributed by atoms with Crippen LogP contribution in [0, 0.1) is 0 Å². The Morgan fingerprint density at radius 2 is 2.04 bits per heavy atom. The molecule has 1 atom stereocenters. The Morgan fingerprint density at radius 1 is 1.26 bits per heavy atom. The second-order valence-electron chi connectivity index (χ2n) is 5.95. The van der Waals surface area contributed by atoms with E-state index in [-0.39, 0.29) is 18.5 Å². The lowest BCUT2D eigenvalue weighted by molar-refractivity contribution is -0.117. The first kappa shape index (κ1) is 20.9. The number of esters is 1. The summed E-state index contributed by atoms with van der Waals surface area (Å²) in [5.41, 5.74) is 1.46. The van der Waals surface area contributed by atoms with Crippen LogP contribution in [0.15, 0.2) is 35.7 Å². The monoisotopic (exact) mass is 390 g/mol. The van der Waals surface area contributed by atoms with E-state index < -0.39 is 5.97 Å². The lowest BCUT2D eigenvalue weighted by Crippen LogP contribution is -2.35. The van der Waals surface area contributed by atoms with Crippen LogP contribution in [0.5, 0.6) is 5.75 Å². The lowest BCUT2D eigenvalue weighted by atomic mass is 10.1. The first-order chi connectivity index (χ1) is 13.0. The Bertz CT molecular complexity index is 775. The molecule has 7 heteroatoms. The smallest absolute Gasteiger partial charge is 0.341 e. The van der Waals surface area contributed by atoms with Gasteiger partial charge in [-0.05, 0) is 49.5 Å². The number of thiophene rings is 1. The van der Waals surface area contributed by atoms with E-state index in [4.69, 9.17) is 9.47 Å². The minimum atomic E-state index is -0.425. The third-order valence-corrected chi connectivity index (χ3v) is 5.12. The third kappa shape index (κ3) is 5.55. The number of carbonyl (C=O) groups excluding carboxylic acids is 2. The van der Waals surface area contributed by atoms with Crippen LogP contribution in [0.3, 0.4) is 0 Å². The van der Waals surface area contributed by atoms with Crippen molar-refractivity contribution in [2.75, 3.05) is 32.1 Å². The summed E-state index contributed by atoms with van der Waals surface area (Å²) >= 11 is 1.31. The standard InChI is InChI=1S/C20H26N2O4S/c1-5-22(14(3)15-8-7-9-16(12-15)25-4)13-18(23)21-19-17(10-11-27-19)20(24)26-6-2/h7-12,14H,5-6,13H2,1-4H3,(H,21,23). The van der Waals surface area contributed by atoms with Crippen LogP contribution >= 0.6 is 11.3 Å². The van der Waals surface area contributed by atoms with E-state index in [1.807, 2.05) is 31.2 Å². The zero-order valence-corrected chi connectivity index (χ0v) is 17.0. The molecule has 0 bridgehead atoms. The predicted molar refractivity (Wildman–Crippen MR) is 108 cm³/mol.